The van der Waals surface area contributed by atoms with Gasteiger partial charge in [-0.3, -0.25) is 5.32 Å². The highest BCUT2D eigenvalue weighted by Gasteiger charge is 2.22. The number of nitrogens with one attached hydrogen (secondary N) is 1. The third kappa shape index (κ3) is 4.53. The van der Waals surface area contributed by atoms with Crippen LogP contribution in [0.1, 0.15) is 32.3 Å². The summed E-state index contributed by atoms with van der Waals surface area (Å²) in [6.07, 6.45) is 1.47. The van der Waals surface area contributed by atoms with Crippen molar-refractivity contribution in [1.82, 2.24) is 5.32 Å². The Balaban J connectivity index is 2.53. The highest BCUT2D eigenvalue weighted by atomic mass is 19.1. The Morgan fingerprint density at radius 3 is 2.84 bits per heavy atom. The van der Waals surface area contributed by atoms with Crippen LogP contribution in [0.5, 0.6) is 5.75 Å². The van der Waals surface area contributed by atoms with Gasteiger partial charge in [0.25, 0.3) is 0 Å². The maximum Gasteiger partial charge on any atom is 0.167 e. The number of hydrogen-bond acceptors (Lipinski definition) is 3. The molecule has 1 aromatic carbocycles. The van der Waals surface area contributed by atoms with E-state index in [1.54, 1.807) is 25.1 Å². The van der Waals surface area contributed by atoms with Gasteiger partial charge in [0.15, 0.2) is 11.6 Å². The van der Waals surface area contributed by atoms with Crippen LogP contribution in [0.4, 0.5) is 4.39 Å². The SMILES string of the molecule is CCCNC(C)(C#N)CCOc1cccc(C)c1F. The van der Waals surface area contributed by atoms with Crippen molar-refractivity contribution >= 4 is 0 Å². The van der Waals surface area contributed by atoms with Crippen LogP contribution in [0.2, 0.25) is 0 Å². The molecule has 0 aliphatic rings. The van der Waals surface area contributed by atoms with Crippen LogP contribution in [0.15, 0.2) is 18.2 Å². The summed E-state index contributed by atoms with van der Waals surface area (Å²) < 4.78 is 19.1. The molecule has 1 aromatic rings. The molecule has 0 aliphatic carbocycles. The lowest BCUT2D eigenvalue weighted by Gasteiger charge is -2.23. The number of ether oxygens (including phenoxy) is 1. The van der Waals surface area contributed by atoms with Gasteiger partial charge in [-0.25, -0.2) is 4.39 Å². The fraction of sp³-hybridized carbons (Fsp3) is 0.533. The smallest absolute Gasteiger partial charge is 0.167 e. The monoisotopic (exact) mass is 264 g/mol. The molecule has 0 saturated heterocycles. The van der Waals surface area contributed by atoms with Gasteiger partial charge in [-0.05, 0) is 38.4 Å². The first-order valence-electron chi connectivity index (χ1n) is 6.56. The van der Waals surface area contributed by atoms with Crippen molar-refractivity contribution in [1.29, 1.82) is 5.26 Å². The van der Waals surface area contributed by atoms with Gasteiger partial charge >= 0.3 is 0 Å². The Labute approximate surface area is 114 Å². The molecule has 0 heterocycles. The quantitative estimate of drug-likeness (QED) is 0.822. The second kappa shape index (κ2) is 7.10. The van der Waals surface area contributed by atoms with Crippen molar-refractivity contribution in [3.63, 3.8) is 0 Å². The summed E-state index contributed by atoms with van der Waals surface area (Å²) in [5.41, 5.74) is -0.0688. The fourth-order valence-electron chi connectivity index (χ4n) is 1.68. The zero-order valence-electron chi connectivity index (χ0n) is 11.8. The Bertz CT molecular complexity index is 456. The summed E-state index contributed by atoms with van der Waals surface area (Å²) in [6, 6.07) is 7.30. The van der Waals surface area contributed by atoms with Crippen LogP contribution in [0.3, 0.4) is 0 Å². The van der Waals surface area contributed by atoms with Crippen molar-refractivity contribution in [3.8, 4) is 11.8 Å². The third-order valence-electron chi connectivity index (χ3n) is 3.03. The van der Waals surface area contributed by atoms with Crippen molar-refractivity contribution < 1.29 is 9.13 Å². The summed E-state index contributed by atoms with van der Waals surface area (Å²) in [5, 5.41) is 12.3. The van der Waals surface area contributed by atoms with E-state index in [9.17, 15) is 4.39 Å². The molecule has 1 unspecified atom stereocenters. The normalized spacial score (nSPS) is 13.6. The zero-order valence-corrected chi connectivity index (χ0v) is 11.8. The maximum absolute atomic E-state index is 13.7. The molecular formula is C15H21FN2O. The van der Waals surface area contributed by atoms with Gasteiger partial charge in [-0.15, -0.1) is 0 Å². The van der Waals surface area contributed by atoms with E-state index in [0.717, 1.165) is 13.0 Å². The van der Waals surface area contributed by atoms with Crippen LogP contribution in [0.25, 0.3) is 0 Å². The summed E-state index contributed by atoms with van der Waals surface area (Å²) in [4.78, 5) is 0. The summed E-state index contributed by atoms with van der Waals surface area (Å²) in [5.74, 6) is -0.0848. The summed E-state index contributed by atoms with van der Waals surface area (Å²) in [6.45, 7) is 6.66. The number of hydrogen-bond donors (Lipinski definition) is 1. The Kier molecular flexibility index (Phi) is 5.78. The second-order valence-corrected chi connectivity index (χ2v) is 4.86. The van der Waals surface area contributed by atoms with Gasteiger partial charge in [0, 0.05) is 6.42 Å². The van der Waals surface area contributed by atoms with Gasteiger partial charge in [0.2, 0.25) is 0 Å². The molecule has 0 radical (unpaired) electrons. The standard InChI is InChI=1S/C15H21FN2O/c1-4-9-18-15(3,11-17)8-10-19-13-7-5-6-12(2)14(13)16/h5-7,18H,4,8-10H2,1-3H3. The second-order valence-electron chi connectivity index (χ2n) is 4.86. The molecule has 104 valence electrons. The summed E-state index contributed by atoms with van der Waals surface area (Å²) in [7, 11) is 0. The molecule has 1 rings (SSSR count). The molecule has 0 aromatic heterocycles. The fourth-order valence-corrected chi connectivity index (χ4v) is 1.68. The van der Waals surface area contributed by atoms with Crippen LogP contribution in [-0.2, 0) is 0 Å². The topological polar surface area (TPSA) is 45.0 Å². The Hall–Kier alpha value is -1.60. The lowest BCUT2D eigenvalue weighted by atomic mass is 10.0. The zero-order chi connectivity index (χ0) is 14.3. The number of halogens is 1. The minimum Gasteiger partial charge on any atom is -0.490 e. The van der Waals surface area contributed by atoms with Crippen molar-refractivity contribution in [2.75, 3.05) is 13.2 Å². The number of benzene rings is 1. The lowest BCUT2D eigenvalue weighted by Crippen LogP contribution is -2.42. The molecular weight excluding hydrogens is 243 g/mol. The van der Waals surface area contributed by atoms with E-state index in [2.05, 4.69) is 11.4 Å². The Morgan fingerprint density at radius 2 is 2.21 bits per heavy atom. The predicted octanol–water partition coefficient (Wildman–Crippen LogP) is 3.18. The predicted molar refractivity (Wildman–Crippen MR) is 73.6 cm³/mol. The third-order valence-corrected chi connectivity index (χ3v) is 3.03. The van der Waals surface area contributed by atoms with Gasteiger partial charge in [-0.2, -0.15) is 5.26 Å². The molecule has 4 heteroatoms. The highest BCUT2D eigenvalue weighted by Crippen LogP contribution is 2.20. The van der Waals surface area contributed by atoms with Crippen molar-refractivity contribution in [2.24, 2.45) is 0 Å². The van der Waals surface area contributed by atoms with E-state index in [4.69, 9.17) is 10.00 Å². The number of nitrogens with zero attached hydrogens (tertiary/aromatic N) is 1. The number of nitriles is 1. The van der Waals surface area contributed by atoms with E-state index >= 15 is 0 Å². The van der Waals surface area contributed by atoms with E-state index < -0.39 is 5.54 Å². The Morgan fingerprint density at radius 1 is 1.47 bits per heavy atom. The average Bonchev–Trinajstić information content (AvgIpc) is 2.41. The van der Waals surface area contributed by atoms with Crippen LogP contribution >= 0.6 is 0 Å². The minimum atomic E-state index is -0.629. The van der Waals surface area contributed by atoms with E-state index in [1.165, 1.54) is 0 Å². The molecule has 0 saturated carbocycles. The summed E-state index contributed by atoms with van der Waals surface area (Å²) >= 11 is 0. The molecule has 19 heavy (non-hydrogen) atoms. The van der Waals surface area contributed by atoms with Gasteiger partial charge < -0.3 is 4.74 Å². The largest absolute Gasteiger partial charge is 0.490 e. The first-order valence-corrected chi connectivity index (χ1v) is 6.56. The molecule has 3 nitrogen and oxygen atoms in total. The molecule has 0 spiro atoms. The van der Waals surface area contributed by atoms with Gasteiger partial charge in [0.1, 0.15) is 5.54 Å². The average molecular weight is 264 g/mol. The van der Waals surface area contributed by atoms with Gasteiger partial charge in [-0.1, -0.05) is 19.1 Å². The number of aryl methyl sites for hydroxylation is 1. The molecule has 1 N–H and O–H groups in total. The van der Waals surface area contributed by atoms with Crippen LogP contribution in [0, 0.1) is 24.1 Å². The lowest BCUT2D eigenvalue weighted by molar-refractivity contribution is 0.257. The minimum absolute atomic E-state index is 0.246. The van der Waals surface area contributed by atoms with Crippen LogP contribution < -0.4 is 10.1 Å². The van der Waals surface area contributed by atoms with Crippen molar-refractivity contribution in [3.05, 3.63) is 29.6 Å². The van der Waals surface area contributed by atoms with E-state index in [1.807, 2.05) is 13.8 Å². The van der Waals surface area contributed by atoms with E-state index in [0.29, 0.717) is 18.6 Å². The van der Waals surface area contributed by atoms with Crippen LogP contribution in [-0.4, -0.2) is 18.7 Å². The van der Waals surface area contributed by atoms with E-state index in [-0.39, 0.29) is 11.6 Å². The first kappa shape index (κ1) is 15.5. The maximum atomic E-state index is 13.7. The number of rotatable bonds is 7. The highest BCUT2D eigenvalue weighted by molar-refractivity contribution is 5.30. The molecule has 1 atom stereocenters. The first-order chi connectivity index (χ1) is 9.02. The molecule has 0 bridgehead atoms. The molecule has 0 aliphatic heterocycles. The van der Waals surface area contributed by atoms with Gasteiger partial charge in [0.05, 0.1) is 12.7 Å². The van der Waals surface area contributed by atoms with Crippen molar-refractivity contribution in [2.45, 2.75) is 39.2 Å². The molecule has 0 fully saturated rings. The molecule has 0 amide bonds.